The molecule has 10 heavy (non-hydrogen) atoms. The molecule has 0 rings (SSSR count). The van der Waals surface area contributed by atoms with Gasteiger partial charge in [0.25, 0.3) is 0 Å². The Bertz CT molecular complexity index is 75.8. The summed E-state index contributed by atoms with van der Waals surface area (Å²) < 4.78 is 0. The summed E-state index contributed by atoms with van der Waals surface area (Å²) in [4.78, 5) is 0. The van der Waals surface area contributed by atoms with Crippen LogP contribution in [0.5, 0.6) is 0 Å². The van der Waals surface area contributed by atoms with Crippen molar-refractivity contribution in [1.82, 2.24) is 0 Å². The molecule has 0 aliphatic rings. The van der Waals surface area contributed by atoms with E-state index in [0.717, 1.165) is 12.8 Å². The predicted octanol–water partition coefficient (Wildman–Crippen LogP) is 2.97. The Morgan fingerprint density at radius 1 is 1.20 bits per heavy atom. The molecule has 0 aromatic rings. The van der Waals surface area contributed by atoms with E-state index in [9.17, 15) is 0 Å². The van der Waals surface area contributed by atoms with E-state index in [1.165, 1.54) is 19.3 Å². The SMILES string of the molecule is Cl.[C-]#CCCCCCC.[Zn]. The molecule has 0 fully saturated rings. The molecule has 0 aliphatic carbocycles. The van der Waals surface area contributed by atoms with Gasteiger partial charge in [0.2, 0.25) is 0 Å². The van der Waals surface area contributed by atoms with Crippen LogP contribution in [0.3, 0.4) is 0 Å². The van der Waals surface area contributed by atoms with Crippen LogP contribution >= 0.6 is 12.4 Å². The first-order valence-electron chi connectivity index (χ1n) is 3.31. The van der Waals surface area contributed by atoms with Gasteiger partial charge >= 0.3 is 0 Å². The maximum absolute atomic E-state index is 6.59. The maximum Gasteiger partial charge on any atom is 0 e. The minimum atomic E-state index is 0. The Morgan fingerprint density at radius 3 is 2.20 bits per heavy atom. The van der Waals surface area contributed by atoms with Crippen LogP contribution in [0.4, 0.5) is 0 Å². The third kappa shape index (κ3) is 15.8. The molecule has 0 N–H and O–H groups in total. The average molecular weight is 211 g/mol. The quantitative estimate of drug-likeness (QED) is 0.290. The van der Waals surface area contributed by atoms with Gasteiger partial charge in [-0.15, -0.1) is 12.4 Å². The summed E-state index contributed by atoms with van der Waals surface area (Å²) in [7, 11) is 0. The first kappa shape index (κ1) is 16.8. The Morgan fingerprint density at radius 2 is 1.80 bits per heavy atom. The van der Waals surface area contributed by atoms with E-state index < -0.39 is 0 Å². The smallest absolute Gasteiger partial charge is 0 e. The summed E-state index contributed by atoms with van der Waals surface area (Å²) in [5.41, 5.74) is 0. The van der Waals surface area contributed by atoms with Crippen molar-refractivity contribution >= 4 is 12.4 Å². The average Bonchev–Trinajstić information content (AvgIpc) is 1.81. The molecule has 0 amide bonds. The molecule has 0 aromatic carbocycles. The molecule has 0 heterocycles. The summed E-state index contributed by atoms with van der Waals surface area (Å²) >= 11 is 0. The third-order valence-electron chi connectivity index (χ3n) is 1.16. The van der Waals surface area contributed by atoms with Crippen molar-refractivity contribution in [3.8, 4) is 5.92 Å². The molecular formula is C8H14ClZn-. The summed E-state index contributed by atoms with van der Waals surface area (Å²) in [6.45, 7) is 2.19. The molecule has 0 nitrogen and oxygen atoms in total. The molecule has 0 aromatic heterocycles. The zero-order chi connectivity index (χ0) is 6.24. The minimum absolute atomic E-state index is 0. The Balaban J connectivity index is -0.000000245. The molecule has 0 aliphatic heterocycles. The second-order valence-corrected chi connectivity index (χ2v) is 1.99. The molecular weight excluding hydrogens is 197 g/mol. The van der Waals surface area contributed by atoms with Crippen LogP contribution in [0.1, 0.15) is 39.0 Å². The molecule has 0 unspecified atom stereocenters. The van der Waals surface area contributed by atoms with E-state index in [1.54, 1.807) is 0 Å². The number of hydrogen-bond acceptors (Lipinski definition) is 0. The molecule has 0 bridgehead atoms. The van der Waals surface area contributed by atoms with Crippen LogP contribution in [0.15, 0.2) is 0 Å². The van der Waals surface area contributed by atoms with Gasteiger partial charge < -0.3 is 12.3 Å². The van der Waals surface area contributed by atoms with Gasteiger partial charge in [-0.1, -0.05) is 26.2 Å². The number of rotatable bonds is 4. The van der Waals surface area contributed by atoms with E-state index in [1.807, 2.05) is 0 Å². The number of hydrogen-bond donors (Lipinski definition) is 0. The number of unbranched alkanes of at least 4 members (excludes halogenated alkanes) is 4. The largest absolute Gasteiger partial charge is 0.694 e. The summed E-state index contributed by atoms with van der Waals surface area (Å²) in [5.74, 6) is 2.38. The Hall–Kier alpha value is 0.473. The Labute approximate surface area is 83.3 Å². The molecule has 2 heteroatoms. The van der Waals surface area contributed by atoms with Gasteiger partial charge in [-0.3, -0.25) is 0 Å². The van der Waals surface area contributed by atoms with Gasteiger partial charge in [0.15, 0.2) is 0 Å². The monoisotopic (exact) mass is 209 g/mol. The number of halogens is 1. The summed E-state index contributed by atoms with van der Waals surface area (Å²) in [5, 5.41) is 0. The van der Waals surface area contributed by atoms with Crippen LogP contribution in [0.2, 0.25) is 0 Å². The summed E-state index contributed by atoms with van der Waals surface area (Å²) in [6, 6.07) is 0. The first-order valence-corrected chi connectivity index (χ1v) is 3.31. The third-order valence-corrected chi connectivity index (χ3v) is 1.16. The molecule has 56 valence electrons. The van der Waals surface area contributed by atoms with E-state index in [4.69, 9.17) is 6.42 Å². The van der Waals surface area contributed by atoms with Gasteiger partial charge in [0.05, 0.1) is 0 Å². The van der Waals surface area contributed by atoms with Crippen LogP contribution in [0, 0.1) is 12.3 Å². The van der Waals surface area contributed by atoms with Crippen LogP contribution < -0.4 is 0 Å². The van der Waals surface area contributed by atoms with Crippen molar-refractivity contribution in [3.05, 3.63) is 6.42 Å². The van der Waals surface area contributed by atoms with E-state index in [-0.39, 0.29) is 31.9 Å². The van der Waals surface area contributed by atoms with E-state index >= 15 is 0 Å². The fraction of sp³-hybridized carbons (Fsp3) is 0.750. The molecule has 0 saturated carbocycles. The van der Waals surface area contributed by atoms with Gasteiger partial charge in [-0.25, -0.2) is 0 Å². The second kappa shape index (κ2) is 16.2. The van der Waals surface area contributed by atoms with Crippen molar-refractivity contribution in [2.45, 2.75) is 39.0 Å². The van der Waals surface area contributed by atoms with Crippen molar-refractivity contribution in [1.29, 1.82) is 0 Å². The zero-order valence-corrected chi connectivity index (χ0v) is 10.4. The van der Waals surface area contributed by atoms with Gasteiger partial charge in [0, 0.05) is 19.5 Å². The normalized spacial score (nSPS) is 6.80. The fourth-order valence-electron chi connectivity index (χ4n) is 0.640. The van der Waals surface area contributed by atoms with Gasteiger partial charge in [-0.05, 0) is 12.8 Å². The van der Waals surface area contributed by atoms with Crippen LogP contribution in [-0.4, -0.2) is 0 Å². The summed E-state index contributed by atoms with van der Waals surface area (Å²) in [6.07, 6.45) is 12.4. The first-order chi connectivity index (χ1) is 3.91. The van der Waals surface area contributed by atoms with E-state index in [2.05, 4.69) is 12.8 Å². The standard InChI is InChI=1S/C8H13.ClH.Zn/c1-3-5-7-8-6-4-2;;/h3,5-8H2,1H3;1H;/q-1;;. The molecule has 0 spiro atoms. The van der Waals surface area contributed by atoms with E-state index in [0.29, 0.717) is 0 Å². The van der Waals surface area contributed by atoms with Crippen LogP contribution in [-0.2, 0) is 19.5 Å². The van der Waals surface area contributed by atoms with Gasteiger partial charge in [0.1, 0.15) is 0 Å². The molecule has 0 radical (unpaired) electrons. The fourth-order valence-corrected chi connectivity index (χ4v) is 0.640. The van der Waals surface area contributed by atoms with Crippen molar-refractivity contribution in [3.63, 3.8) is 0 Å². The van der Waals surface area contributed by atoms with Gasteiger partial charge in [-0.2, -0.15) is 0 Å². The molecule has 0 saturated heterocycles. The Kier molecular flexibility index (Phi) is 27.3. The van der Waals surface area contributed by atoms with Crippen molar-refractivity contribution < 1.29 is 19.5 Å². The minimum Gasteiger partial charge on any atom is -0.694 e. The second-order valence-electron chi connectivity index (χ2n) is 1.99. The maximum atomic E-state index is 6.59. The zero-order valence-electron chi connectivity index (χ0n) is 6.65. The van der Waals surface area contributed by atoms with Crippen molar-refractivity contribution in [2.24, 2.45) is 0 Å². The van der Waals surface area contributed by atoms with Crippen molar-refractivity contribution in [2.75, 3.05) is 0 Å². The topological polar surface area (TPSA) is 0 Å². The predicted molar refractivity (Wildman–Crippen MR) is 43.1 cm³/mol. The van der Waals surface area contributed by atoms with Crippen LogP contribution in [0.25, 0.3) is 0 Å². The molecule has 0 atom stereocenters.